The van der Waals surface area contributed by atoms with Crippen molar-refractivity contribution in [3.05, 3.63) is 117 Å². The van der Waals surface area contributed by atoms with Gasteiger partial charge in [-0.2, -0.15) is 0 Å². The Morgan fingerprint density at radius 3 is 1.89 bits per heavy atom. The number of halogens is 2. The summed E-state index contributed by atoms with van der Waals surface area (Å²) in [6.07, 6.45) is 0. The monoisotopic (exact) mass is 428 g/mol. The lowest BCUT2D eigenvalue weighted by Gasteiger charge is -2.39. The molecule has 0 atom stereocenters. The van der Waals surface area contributed by atoms with Gasteiger partial charge in [0, 0.05) is 15.6 Å². The quantitative estimate of drug-likeness (QED) is 0.251. The van der Waals surface area contributed by atoms with Crippen molar-refractivity contribution >= 4 is 15.9 Å². The Kier molecular flexibility index (Phi) is 3.19. The lowest BCUT2D eigenvalue weighted by molar-refractivity contribution is 0.436. The zero-order valence-corrected chi connectivity index (χ0v) is 16.3. The molecule has 4 aromatic rings. The fourth-order valence-electron chi connectivity index (χ4n) is 4.84. The molecule has 3 heteroatoms. The lowest BCUT2D eigenvalue weighted by atomic mass is 9.66. The molecule has 1 aliphatic carbocycles. The second kappa shape index (κ2) is 5.55. The number of rotatable bonds is 0. The summed E-state index contributed by atoms with van der Waals surface area (Å²) >= 11 is 3.65. The molecule has 0 saturated carbocycles. The molecule has 1 aliphatic heterocycles. The van der Waals surface area contributed by atoms with Crippen molar-refractivity contribution in [1.29, 1.82) is 0 Å². The van der Waals surface area contributed by atoms with Gasteiger partial charge in [-0.1, -0.05) is 64.5 Å². The molecule has 4 aromatic carbocycles. The maximum atomic E-state index is 14.5. The average molecular weight is 429 g/mol. The Labute approximate surface area is 170 Å². The molecule has 0 saturated heterocycles. The van der Waals surface area contributed by atoms with Crippen LogP contribution in [0.25, 0.3) is 11.1 Å². The molecular formula is C25H14BrFO. The van der Waals surface area contributed by atoms with Crippen LogP contribution in [0.4, 0.5) is 4.39 Å². The summed E-state index contributed by atoms with van der Waals surface area (Å²) in [6, 6.07) is 27.6. The second-order valence-corrected chi connectivity index (χ2v) is 8.14. The third-order valence-corrected chi connectivity index (χ3v) is 6.36. The summed E-state index contributed by atoms with van der Waals surface area (Å²) < 4.78 is 21.8. The largest absolute Gasteiger partial charge is 0.457 e. The van der Waals surface area contributed by atoms with E-state index in [0.29, 0.717) is 0 Å². The van der Waals surface area contributed by atoms with Crippen molar-refractivity contribution in [2.45, 2.75) is 5.41 Å². The van der Waals surface area contributed by atoms with Crippen molar-refractivity contribution in [3.8, 4) is 22.6 Å². The van der Waals surface area contributed by atoms with E-state index < -0.39 is 5.41 Å². The maximum absolute atomic E-state index is 14.5. The number of hydrogen-bond acceptors (Lipinski definition) is 1. The highest BCUT2D eigenvalue weighted by atomic mass is 79.9. The summed E-state index contributed by atoms with van der Waals surface area (Å²) in [5.74, 6) is 1.39. The van der Waals surface area contributed by atoms with Crippen LogP contribution in [0.2, 0.25) is 0 Å². The summed E-state index contributed by atoms with van der Waals surface area (Å²) in [7, 11) is 0. The van der Waals surface area contributed by atoms with E-state index in [9.17, 15) is 4.39 Å². The molecule has 1 nitrogen and oxygen atoms in total. The predicted molar refractivity (Wildman–Crippen MR) is 111 cm³/mol. The Balaban J connectivity index is 1.87. The standard InChI is InChI=1S/C25H14BrFO/c26-15-9-11-17-18-12-10-16(27)14-22(18)25(21(17)13-15)19-5-1-3-7-23(19)28-24-8-4-2-6-20(24)25/h1-14H. The van der Waals surface area contributed by atoms with E-state index in [-0.39, 0.29) is 5.82 Å². The molecule has 0 amide bonds. The predicted octanol–water partition coefficient (Wildman–Crippen LogP) is 7.06. The first kappa shape index (κ1) is 16.1. The van der Waals surface area contributed by atoms with Gasteiger partial charge in [0.25, 0.3) is 0 Å². The van der Waals surface area contributed by atoms with Crippen LogP contribution >= 0.6 is 15.9 Å². The Bertz CT molecular complexity index is 1180. The van der Waals surface area contributed by atoms with Gasteiger partial charge in [-0.3, -0.25) is 0 Å². The highest BCUT2D eigenvalue weighted by molar-refractivity contribution is 9.10. The van der Waals surface area contributed by atoms with Gasteiger partial charge in [0.2, 0.25) is 0 Å². The van der Waals surface area contributed by atoms with Gasteiger partial charge in [-0.25, -0.2) is 4.39 Å². The molecule has 28 heavy (non-hydrogen) atoms. The van der Waals surface area contributed by atoms with Crippen LogP contribution in [0.1, 0.15) is 22.3 Å². The highest BCUT2D eigenvalue weighted by Crippen LogP contribution is 2.62. The smallest absolute Gasteiger partial charge is 0.132 e. The van der Waals surface area contributed by atoms with E-state index in [1.54, 1.807) is 12.1 Å². The number of fused-ring (bicyclic) bond motifs is 9. The third-order valence-electron chi connectivity index (χ3n) is 5.86. The molecule has 1 heterocycles. The molecule has 0 bridgehead atoms. The molecule has 6 rings (SSSR count). The van der Waals surface area contributed by atoms with Crippen molar-refractivity contribution in [2.75, 3.05) is 0 Å². The minimum Gasteiger partial charge on any atom is -0.457 e. The van der Waals surface area contributed by atoms with Gasteiger partial charge in [-0.05, 0) is 58.7 Å². The summed E-state index contributed by atoms with van der Waals surface area (Å²) in [5, 5.41) is 0. The Hall–Kier alpha value is -2.91. The first-order valence-electron chi connectivity index (χ1n) is 9.17. The van der Waals surface area contributed by atoms with Crippen LogP contribution < -0.4 is 4.74 Å². The Morgan fingerprint density at radius 2 is 1.21 bits per heavy atom. The number of para-hydroxylation sites is 2. The van der Waals surface area contributed by atoms with Gasteiger partial charge in [0.05, 0.1) is 5.41 Å². The van der Waals surface area contributed by atoms with Gasteiger partial charge in [0.1, 0.15) is 17.3 Å². The molecule has 1 spiro atoms. The molecule has 0 aromatic heterocycles. The van der Waals surface area contributed by atoms with Crippen molar-refractivity contribution in [2.24, 2.45) is 0 Å². The van der Waals surface area contributed by atoms with E-state index in [1.807, 2.05) is 48.5 Å². The fraction of sp³-hybridized carbons (Fsp3) is 0.0400. The second-order valence-electron chi connectivity index (χ2n) is 7.22. The van der Waals surface area contributed by atoms with Crippen LogP contribution in [0.3, 0.4) is 0 Å². The fourth-order valence-corrected chi connectivity index (χ4v) is 5.20. The van der Waals surface area contributed by atoms with Crippen molar-refractivity contribution in [1.82, 2.24) is 0 Å². The first-order chi connectivity index (χ1) is 13.7. The van der Waals surface area contributed by atoms with Gasteiger partial charge < -0.3 is 4.74 Å². The molecule has 0 fully saturated rings. The van der Waals surface area contributed by atoms with E-state index in [1.165, 1.54) is 0 Å². The van der Waals surface area contributed by atoms with Crippen molar-refractivity contribution < 1.29 is 9.13 Å². The zero-order valence-electron chi connectivity index (χ0n) is 14.7. The molecule has 134 valence electrons. The third kappa shape index (κ3) is 1.90. The first-order valence-corrected chi connectivity index (χ1v) is 9.96. The minimum absolute atomic E-state index is 0.230. The molecular weight excluding hydrogens is 415 g/mol. The van der Waals surface area contributed by atoms with Crippen LogP contribution in [0.5, 0.6) is 11.5 Å². The van der Waals surface area contributed by atoms with Crippen molar-refractivity contribution in [3.63, 3.8) is 0 Å². The number of hydrogen-bond donors (Lipinski definition) is 0. The minimum atomic E-state index is -0.609. The van der Waals surface area contributed by atoms with Crippen LogP contribution in [0, 0.1) is 5.82 Å². The van der Waals surface area contributed by atoms with Crippen LogP contribution in [-0.4, -0.2) is 0 Å². The van der Waals surface area contributed by atoms with E-state index in [4.69, 9.17) is 4.74 Å². The molecule has 0 radical (unpaired) electrons. The normalized spacial score (nSPS) is 14.6. The molecule has 0 N–H and O–H groups in total. The van der Waals surface area contributed by atoms with E-state index in [0.717, 1.165) is 49.4 Å². The zero-order chi connectivity index (χ0) is 18.9. The van der Waals surface area contributed by atoms with Crippen LogP contribution in [0.15, 0.2) is 89.4 Å². The van der Waals surface area contributed by atoms with E-state index in [2.05, 4.69) is 40.2 Å². The highest BCUT2D eigenvalue weighted by Gasteiger charge is 2.51. The maximum Gasteiger partial charge on any atom is 0.132 e. The van der Waals surface area contributed by atoms with Gasteiger partial charge in [0.15, 0.2) is 0 Å². The Morgan fingerprint density at radius 1 is 0.643 bits per heavy atom. The number of ether oxygens (including phenoxy) is 1. The molecule has 0 unspecified atom stereocenters. The topological polar surface area (TPSA) is 9.23 Å². The number of benzene rings is 4. The SMILES string of the molecule is Fc1ccc2c(c1)C1(c3ccccc3Oc3ccccc31)c1cc(Br)ccc1-2. The summed E-state index contributed by atoms with van der Waals surface area (Å²) in [4.78, 5) is 0. The lowest BCUT2D eigenvalue weighted by Crippen LogP contribution is -2.32. The average Bonchev–Trinajstić information content (AvgIpc) is 2.98. The van der Waals surface area contributed by atoms with Gasteiger partial charge in [-0.15, -0.1) is 0 Å². The van der Waals surface area contributed by atoms with E-state index >= 15 is 0 Å². The summed E-state index contributed by atoms with van der Waals surface area (Å²) in [6.45, 7) is 0. The van der Waals surface area contributed by atoms with Gasteiger partial charge >= 0.3 is 0 Å². The molecule has 2 aliphatic rings. The van der Waals surface area contributed by atoms with Crippen LogP contribution in [-0.2, 0) is 5.41 Å². The summed E-state index contributed by atoms with van der Waals surface area (Å²) in [5.41, 5.74) is 5.77.